The molecule has 0 aliphatic carbocycles. The Bertz CT molecular complexity index is 831. The third kappa shape index (κ3) is 4.80. The molecule has 1 unspecified atom stereocenters. The van der Waals surface area contributed by atoms with E-state index in [-0.39, 0.29) is 12.5 Å². The number of carbonyl (C=O) groups excluding carboxylic acids is 1. The van der Waals surface area contributed by atoms with Gasteiger partial charge in [0, 0.05) is 26.1 Å². The summed E-state index contributed by atoms with van der Waals surface area (Å²) < 4.78 is 5.83. The number of rotatable bonds is 6. The minimum absolute atomic E-state index is 0.133. The summed E-state index contributed by atoms with van der Waals surface area (Å²) in [5.74, 6) is 1.46. The van der Waals surface area contributed by atoms with E-state index in [0.29, 0.717) is 24.6 Å². The summed E-state index contributed by atoms with van der Waals surface area (Å²) >= 11 is 0. The van der Waals surface area contributed by atoms with Crippen LogP contribution in [0.2, 0.25) is 0 Å². The van der Waals surface area contributed by atoms with Crippen LogP contribution < -0.4 is 9.64 Å². The van der Waals surface area contributed by atoms with Crippen molar-refractivity contribution < 1.29 is 14.6 Å². The van der Waals surface area contributed by atoms with Gasteiger partial charge in [-0.05, 0) is 55.5 Å². The molecule has 1 N–H and O–H groups in total. The Kier molecular flexibility index (Phi) is 6.16. The fourth-order valence-corrected chi connectivity index (χ4v) is 4.42. The zero-order valence-electron chi connectivity index (χ0n) is 17.1. The molecule has 2 aliphatic heterocycles. The van der Waals surface area contributed by atoms with E-state index in [9.17, 15) is 9.90 Å². The average molecular weight is 395 g/mol. The zero-order chi connectivity index (χ0) is 20.2. The minimum Gasteiger partial charge on any atom is -0.491 e. The summed E-state index contributed by atoms with van der Waals surface area (Å²) in [4.78, 5) is 15.9. The Morgan fingerprint density at radius 2 is 1.86 bits per heavy atom. The van der Waals surface area contributed by atoms with E-state index in [0.717, 1.165) is 38.0 Å². The first-order valence-electron chi connectivity index (χ1n) is 10.6. The van der Waals surface area contributed by atoms with Crippen LogP contribution in [0.1, 0.15) is 36.3 Å². The maximum atomic E-state index is 11.9. The Balaban J connectivity index is 1.25. The molecule has 0 radical (unpaired) electrons. The molecule has 2 aromatic rings. The number of aliphatic hydroxyl groups is 1. The fourth-order valence-electron chi connectivity index (χ4n) is 4.42. The Labute approximate surface area is 172 Å². The first kappa shape index (κ1) is 19.9. The second kappa shape index (κ2) is 8.97. The van der Waals surface area contributed by atoms with Gasteiger partial charge in [0.25, 0.3) is 0 Å². The number of hydrogen-bond acceptors (Lipinski definition) is 4. The molecular formula is C24H30N2O3. The number of anilines is 1. The molecule has 0 bridgehead atoms. The molecule has 154 valence electrons. The quantitative estimate of drug-likeness (QED) is 0.817. The van der Waals surface area contributed by atoms with Crippen LogP contribution in [-0.2, 0) is 11.2 Å². The summed E-state index contributed by atoms with van der Waals surface area (Å²) in [6.07, 6.45) is 3.06. The molecule has 1 saturated heterocycles. The van der Waals surface area contributed by atoms with Gasteiger partial charge in [-0.15, -0.1) is 0 Å². The summed E-state index contributed by atoms with van der Waals surface area (Å²) in [6, 6.07) is 16.6. The highest BCUT2D eigenvalue weighted by atomic mass is 16.5. The van der Waals surface area contributed by atoms with E-state index in [2.05, 4.69) is 35.2 Å². The molecule has 29 heavy (non-hydrogen) atoms. The van der Waals surface area contributed by atoms with Gasteiger partial charge >= 0.3 is 0 Å². The predicted molar refractivity (Wildman–Crippen MR) is 115 cm³/mol. The Morgan fingerprint density at radius 1 is 1.10 bits per heavy atom. The van der Waals surface area contributed by atoms with E-state index in [1.54, 1.807) is 11.9 Å². The van der Waals surface area contributed by atoms with Crippen LogP contribution in [0.25, 0.3) is 0 Å². The number of hydrogen-bond donors (Lipinski definition) is 1. The number of ether oxygens (including phenoxy) is 1. The maximum Gasteiger partial charge on any atom is 0.227 e. The highest BCUT2D eigenvalue weighted by Gasteiger charge is 2.23. The Morgan fingerprint density at radius 3 is 2.62 bits per heavy atom. The van der Waals surface area contributed by atoms with Crippen molar-refractivity contribution in [2.45, 2.75) is 37.7 Å². The lowest BCUT2D eigenvalue weighted by molar-refractivity contribution is -0.118. The van der Waals surface area contributed by atoms with E-state index in [1.165, 1.54) is 11.1 Å². The van der Waals surface area contributed by atoms with Crippen LogP contribution in [0.5, 0.6) is 5.75 Å². The molecule has 1 fully saturated rings. The lowest BCUT2D eigenvalue weighted by Gasteiger charge is -2.33. The normalized spacial score (nSPS) is 19.1. The molecule has 0 aromatic heterocycles. The van der Waals surface area contributed by atoms with E-state index < -0.39 is 6.10 Å². The first-order chi connectivity index (χ1) is 14.1. The third-order valence-electron chi connectivity index (χ3n) is 6.17. The Hall–Kier alpha value is -2.37. The second-order valence-corrected chi connectivity index (χ2v) is 8.19. The number of β-amino-alcohol motifs (C(OH)–C–C–N with tert-alkyl or cyclic N) is 1. The molecule has 2 heterocycles. The number of nitrogens with zero attached hydrogens (tertiary/aromatic N) is 2. The van der Waals surface area contributed by atoms with E-state index in [1.807, 2.05) is 18.2 Å². The lowest BCUT2D eigenvalue weighted by Crippen LogP contribution is -2.40. The molecule has 0 saturated carbocycles. The number of likely N-dealkylation sites (tertiary alicyclic amines) is 1. The monoisotopic (exact) mass is 394 g/mol. The van der Waals surface area contributed by atoms with Gasteiger partial charge in [0.15, 0.2) is 0 Å². The molecule has 1 amide bonds. The minimum atomic E-state index is -0.529. The summed E-state index contributed by atoms with van der Waals surface area (Å²) in [7, 11) is 1.80. The zero-order valence-corrected chi connectivity index (χ0v) is 17.1. The molecule has 5 heteroatoms. The molecule has 0 spiro atoms. The number of piperidine rings is 1. The summed E-state index contributed by atoms with van der Waals surface area (Å²) in [5.41, 5.74) is 3.50. The average Bonchev–Trinajstić information content (AvgIpc) is 2.76. The fraction of sp³-hybridized carbons (Fsp3) is 0.458. The molecular weight excluding hydrogens is 364 g/mol. The van der Waals surface area contributed by atoms with Crippen LogP contribution >= 0.6 is 0 Å². The number of aliphatic hydroxyl groups excluding tert-OH is 1. The largest absolute Gasteiger partial charge is 0.491 e. The number of amides is 1. The highest BCUT2D eigenvalue weighted by Crippen LogP contribution is 2.31. The van der Waals surface area contributed by atoms with Crippen molar-refractivity contribution in [2.75, 3.05) is 38.2 Å². The van der Waals surface area contributed by atoms with Crippen molar-refractivity contribution in [3.63, 3.8) is 0 Å². The van der Waals surface area contributed by atoms with Crippen molar-refractivity contribution in [1.82, 2.24) is 4.90 Å². The number of carbonyl (C=O) groups is 1. The van der Waals surface area contributed by atoms with Gasteiger partial charge in [0.1, 0.15) is 18.5 Å². The van der Waals surface area contributed by atoms with Gasteiger partial charge in [0.05, 0.1) is 5.69 Å². The second-order valence-electron chi connectivity index (χ2n) is 8.19. The lowest BCUT2D eigenvalue weighted by atomic mass is 9.89. The maximum absolute atomic E-state index is 11.9. The standard InChI is InChI=1S/C24H30N2O3/c1-25-23-15-22(9-7-20(23)8-10-24(25)28)29-17-21(27)16-26-13-11-19(12-14-26)18-5-3-2-4-6-18/h2-7,9,15,19,21,27H,8,10-14,16-17H2,1H3. The third-order valence-corrected chi connectivity index (χ3v) is 6.17. The molecule has 4 rings (SSSR count). The van der Waals surface area contributed by atoms with Crippen LogP contribution in [0.15, 0.2) is 48.5 Å². The van der Waals surface area contributed by atoms with Crippen LogP contribution in [0.3, 0.4) is 0 Å². The van der Waals surface area contributed by atoms with Crippen LogP contribution in [0, 0.1) is 0 Å². The van der Waals surface area contributed by atoms with E-state index in [4.69, 9.17) is 4.74 Å². The van der Waals surface area contributed by atoms with Gasteiger partial charge in [0.2, 0.25) is 5.91 Å². The predicted octanol–water partition coefficient (Wildman–Crippen LogP) is 3.21. The van der Waals surface area contributed by atoms with Crippen molar-refractivity contribution in [1.29, 1.82) is 0 Å². The van der Waals surface area contributed by atoms with Gasteiger partial charge < -0.3 is 19.6 Å². The highest BCUT2D eigenvalue weighted by molar-refractivity contribution is 5.96. The number of benzene rings is 2. The van der Waals surface area contributed by atoms with Gasteiger partial charge in [-0.2, -0.15) is 0 Å². The number of fused-ring (bicyclic) bond motifs is 1. The van der Waals surface area contributed by atoms with Crippen molar-refractivity contribution >= 4 is 11.6 Å². The van der Waals surface area contributed by atoms with Crippen LogP contribution in [0.4, 0.5) is 5.69 Å². The topological polar surface area (TPSA) is 53.0 Å². The van der Waals surface area contributed by atoms with Crippen LogP contribution in [-0.4, -0.2) is 55.3 Å². The van der Waals surface area contributed by atoms with Crippen molar-refractivity contribution in [3.8, 4) is 5.75 Å². The summed E-state index contributed by atoms with van der Waals surface area (Å²) in [5, 5.41) is 10.4. The first-order valence-corrected chi connectivity index (χ1v) is 10.6. The molecule has 5 nitrogen and oxygen atoms in total. The smallest absolute Gasteiger partial charge is 0.227 e. The molecule has 2 aromatic carbocycles. The van der Waals surface area contributed by atoms with Gasteiger partial charge in [-0.1, -0.05) is 36.4 Å². The van der Waals surface area contributed by atoms with Crippen molar-refractivity contribution in [3.05, 3.63) is 59.7 Å². The van der Waals surface area contributed by atoms with E-state index >= 15 is 0 Å². The van der Waals surface area contributed by atoms with Gasteiger partial charge in [-0.25, -0.2) is 0 Å². The van der Waals surface area contributed by atoms with Crippen molar-refractivity contribution in [2.24, 2.45) is 0 Å². The molecule has 2 aliphatic rings. The summed E-state index contributed by atoms with van der Waals surface area (Å²) in [6.45, 7) is 2.89. The SMILES string of the molecule is CN1C(=O)CCc2ccc(OCC(O)CN3CCC(c4ccccc4)CC3)cc21. The number of aryl methyl sites for hydroxylation is 1. The molecule has 1 atom stereocenters. The van der Waals surface area contributed by atoms with Gasteiger partial charge in [-0.3, -0.25) is 4.79 Å².